The van der Waals surface area contributed by atoms with Gasteiger partial charge in [-0.2, -0.15) is 0 Å². The van der Waals surface area contributed by atoms with Gasteiger partial charge in [-0.1, -0.05) is 30.3 Å². The summed E-state index contributed by atoms with van der Waals surface area (Å²) < 4.78 is 0. The normalized spacial score (nSPS) is 18.6. The van der Waals surface area contributed by atoms with Crippen LogP contribution in [0.3, 0.4) is 0 Å². The Balaban J connectivity index is 2.55. The van der Waals surface area contributed by atoms with E-state index in [4.69, 9.17) is 0 Å². The molecule has 3 amide bonds. The second-order valence-electron chi connectivity index (χ2n) is 4.31. The second-order valence-corrected chi connectivity index (χ2v) is 4.31. The highest BCUT2D eigenvalue weighted by atomic mass is 16.2. The third-order valence-corrected chi connectivity index (χ3v) is 2.98. The molecule has 1 N–H and O–H groups in total. The first-order valence-electron chi connectivity index (χ1n) is 5.88. The van der Waals surface area contributed by atoms with Crippen molar-refractivity contribution in [1.29, 1.82) is 0 Å². The lowest BCUT2D eigenvalue weighted by molar-refractivity contribution is -0.127. The molecule has 1 aliphatic rings. The molecule has 0 spiro atoms. The quantitative estimate of drug-likeness (QED) is 0.879. The summed E-state index contributed by atoms with van der Waals surface area (Å²) in [6.45, 7) is 2.72. The Kier molecular flexibility index (Phi) is 3.46. The molecule has 98 valence electrons. The van der Waals surface area contributed by atoms with E-state index < -0.39 is 18.0 Å². The predicted molar refractivity (Wildman–Crippen MR) is 69.0 cm³/mol. The van der Waals surface area contributed by atoms with Crippen LogP contribution in [0.2, 0.25) is 0 Å². The van der Waals surface area contributed by atoms with Gasteiger partial charge < -0.3 is 5.32 Å². The average Bonchev–Trinajstić information content (AvgIpc) is 2.38. The number of carbonyl (C=O) groups is 3. The highest BCUT2D eigenvalue weighted by Crippen LogP contribution is 2.31. The molecule has 2 rings (SSSR count). The molecule has 0 saturated heterocycles. The maximum atomic E-state index is 11.8. The van der Waals surface area contributed by atoms with Crippen LogP contribution in [-0.2, 0) is 9.59 Å². The molecular weight excluding hydrogens is 244 g/mol. The van der Waals surface area contributed by atoms with E-state index in [1.54, 1.807) is 24.3 Å². The van der Waals surface area contributed by atoms with E-state index in [1.165, 1.54) is 20.0 Å². The maximum absolute atomic E-state index is 11.8. The fraction of sp³-hybridized carbons (Fsp3) is 0.214. The molecule has 0 saturated carbocycles. The Morgan fingerprint density at radius 3 is 2.32 bits per heavy atom. The topological polar surface area (TPSA) is 66.5 Å². The molecule has 5 heteroatoms. The highest BCUT2D eigenvalue weighted by molar-refractivity contribution is 6.02. The standard InChI is InChI=1S/C14H14N2O3/c1-9(17)12-8-15-14(19)16(10(2)18)13(12)11-6-4-3-5-7-11/h3-8,13H,1-2H3,(H,15,19)/t13-/m1/s1. The molecular formula is C14H14N2O3. The van der Waals surface area contributed by atoms with Gasteiger partial charge >= 0.3 is 6.03 Å². The molecule has 19 heavy (non-hydrogen) atoms. The van der Waals surface area contributed by atoms with Crippen LogP contribution in [0.15, 0.2) is 42.1 Å². The first kappa shape index (κ1) is 13.0. The van der Waals surface area contributed by atoms with Gasteiger partial charge in [-0.25, -0.2) is 4.79 Å². The van der Waals surface area contributed by atoms with E-state index in [1.807, 2.05) is 6.07 Å². The molecule has 1 aromatic rings. The van der Waals surface area contributed by atoms with Gasteiger partial charge in [0.2, 0.25) is 5.91 Å². The van der Waals surface area contributed by atoms with Crippen LogP contribution in [0.25, 0.3) is 0 Å². The summed E-state index contributed by atoms with van der Waals surface area (Å²) in [5.41, 5.74) is 1.12. The lowest BCUT2D eigenvalue weighted by Gasteiger charge is -2.33. The number of urea groups is 1. The van der Waals surface area contributed by atoms with Crippen LogP contribution in [0.5, 0.6) is 0 Å². The van der Waals surface area contributed by atoms with Crippen molar-refractivity contribution in [3.8, 4) is 0 Å². The lowest BCUT2D eigenvalue weighted by Crippen LogP contribution is -2.48. The molecule has 1 heterocycles. The number of hydrogen-bond donors (Lipinski definition) is 1. The Morgan fingerprint density at radius 1 is 1.16 bits per heavy atom. The number of imide groups is 1. The smallest absolute Gasteiger partial charge is 0.314 e. The summed E-state index contributed by atoms with van der Waals surface area (Å²) in [7, 11) is 0. The van der Waals surface area contributed by atoms with E-state index in [-0.39, 0.29) is 5.78 Å². The summed E-state index contributed by atoms with van der Waals surface area (Å²) >= 11 is 0. The number of rotatable bonds is 2. The largest absolute Gasteiger partial charge is 0.328 e. The molecule has 1 aliphatic heterocycles. The molecule has 0 radical (unpaired) electrons. The van der Waals surface area contributed by atoms with E-state index in [0.717, 1.165) is 10.5 Å². The van der Waals surface area contributed by atoms with Crippen molar-refractivity contribution in [2.45, 2.75) is 19.9 Å². The summed E-state index contributed by atoms with van der Waals surface area (Å²) in [6.07, 6.45) is 1.38. The van der Waals surface area contributed by atoms with E-state index in [9.17, 15) is 14.4 Å². The zero-order valence-electron chi connectivity index (χ0n) is 10.7. The van der Waals surface area contributed by atoms with Crippen molar-refractivity contribution in [3.05, 3.63) is 47.7 Å². The van der Waals surface area contributed by atoms with Crippen LogP contribution in [0.4, 0.5) is 4.79 Å². The van der Waals surface area contributed by atoms with Gasteiger partial charge in [0.25, 0.3) is 0 Å². The minimum atomic E-state index is -0.662. The number of amides is 3. The average molecular weight is 258 g/mol. The van der Waals surface area contributed by atoms with Gasteiger partial charge in [-0.15, -0.1) is 0 Å². The highest BCUT2D eigenvalue weighted by Gasteiger charge is 2.36. The minimum absolute atomic E-state index is 0.180. The maximum Gasteiger partial charge on any atom is 0.328 e. The van der Waals surface area contributed by atoms with Gasteiger partial charge in [0.05, 0.1) is 6.04 Å². The molecule has 0 aliphatic carbocycles. The van der Waals surface area contributed by atoms with Crippen LogP contribution < -0.4 is 5.32 Å². The second kappa shape index (κ2) is 5.06. The van der Waals surface area contributed by atoms with Crippen LogP contribution in [0.1, 0.15) is 25.5 Å². The Bertz CT molecular complexity index is 563. The Morgan fingerprint density at radius 2 is 1.79 bits per heavy atom. The molecule has 1 atom stereocenters. The zero-order chi connectivity index (χ0) is 14.0. The SMILES string of the molecule is CC(=O)C1=CNC(=O)N(C(C)=O)[C@@H]1c1ccccc1. The molecule has 0 bridgehead atoms. The Hall–Kier alpha value is -2.43. The number of nitrogens with zero attached hydrogens (tertiary/aromatic N) is 1. The lowest BCUT2D eigenvalue weighted by atomic mass is 9.94. The summed E-state index contributed by atoms with van der Waals surface area (Å²) in [4.78, 5) is 36.3. The number of benzene rings is 1. The third-order valence-electron chi connectivity index (χ3n) is 2.98. The zero-order valence-corrected chi connectivity index (χ0v) is 10.7. The van der Waals surface area contributed by atoms with Crippen LogP contribution >= 0.6 is 0 Å². The first-order chi connectivity index (χ1) is 9.02. The number of Topliss-reactive ketones (excluding diaryl/α,β-unsaturated/α-hetero) is 1. The van der Waals surface area contributed by atoms with E-state index in [2.05, 4.69) is 5.32 Å². The number of ketones is 1. The van der Waals surface area contributed by atoms with Gasteiger partial charge in [-0.05, 0) is 12.5 Å². The fourth-order valence-corrected chi connectivity index (χ4v) is 2.13. The first-order valence-corrected chi connectivity index (χ1v) is 5.88. The van der Waals surface area contributed by atoms with Crippen molar-refractivity contribution in [2.24, 2.45) is 0 Å². The molecule has 0 unspecified atom stereocenters. The van der Waals surface area contributed by atoms with Gasteiger partial charge in [-0.3, -0.25) is 14.5 Å². The molecule has 0 fully saturated rings. The molecule has 5 nitrogen and oxygen atoms in total. The predicted octanol–water partition coefficient (Wildman–Crippen LogP) is 1.77. The van der Waals surface area contributed by atoms with Crippen molar-refractivity contribution >= 4 is 17.7 Å². The number of hydrogen-bond acceptors (Lipinski definition) is 3. The third kappa shape index (κ3) is 2.40. The monoisotopic (exact) mass is 258 g/mol. The van der Waals surface area contributed by atoms with Crippen LogP contribution in [0, 0.1) is 0 Å². The van der Waals surface area contributed by atoms with Gasteiger partial charge in [0.1, 0.15) is 0 Å². The summed E-state index contributed by atoms with van der Waals surface area (Å²) in [6, 6.07) is 7.83. The summed E-state index contributed by atoms with van der Waals surface area (Å²) in [5.74, 6) is -0.585. The minimum Gasteiger partial charge on any atom is -0.314 e. The molecule has 1 aromatic carbocycles. The van der Waals surface area contributed by atoms with Crippen LogP contribution in [-0.4, -0.2) is 22.6 Å². The summed E-state index contributed by atoms with van der Waals surface area (Å²) in [5, 5.41) is 2.43. The molecule has 0 aromatic heterocycles. The Labute approximate surface area is 110 Å². The van der Waals surface area contributed by atoms with Crippen molar-refractivity contribution in [3.63, 3.8) is 0 Å². The number of nitrogens with one attached hydrogen (secondary N) is 1. The van der Waals surface area contributed by atoms with Crippen molar-refractivity contribution in [2.75, 3.05) is 0 Å². The fourth-order valence-electron chi connectivity index (χ4n) is 2.13. The van der Waals surface area contributed by atoms with Gasteiger partial charge in [0.15, 0.2) is 5.78 Å². The van der Waals surface area contributed by atoms with E-state index >= 15 is 0 Å². The van der Waals surface area contributed by atoms with Gasteiger partial charge in [0, 0.05) is 18.7 Å². The van der Waals surface area contributed by atoms with Crippen molar-refractivity contribution < 1.29 is 14.4 Å². The number of carbonyl (C=O) groups excluding carboxylic acids is 3. The van der Waals surface area contributed by atoms with E-state index in [0.29, 0.717) is 5.57 Å². The van der Waals surface area contributed by atoms with Crippen molar-refractivity contribution in [1.82, 2.24) is 10.2 Å².